The Hall–Kier alpha value is -1.52. The highest BCUT2D eigenvalue weighted by Gasteiger charge is 2.32. The van der Waals surface area contributed by atoms with Crippen LogP contribution in [0.5, 0.6) is 0 Å². The molecule has 0 aliphatic rings. The zero-order chi connectivity index (χ0) is 12.3. The Labute approximate surface area is 91.3 Å². The van der Waals surface area contributed by atoms with Gasteiger partial charge in [-0.3, -0.25) is 0 Å². The van der Waals surface area contributed by atoms with Crippen molar-refractivity contribution in [2.75, 3.05) is 5.73 Å². The molecule has 2 nitrogen and oxygen atoms in total. The molecule has 0 spiro atoms. The highest BCUT2D eigenvalue weighted by atomic mass is 19.4. The first-order valence-electron chi connectivity index (χ1n) is 4.75. The Morgan fingerprint density at radius 2 is 2.06 bits per heavy atom. The van der Waals surface area contributed by atoms with Crippen molar-refractivity contribution in [2.24, 2.45) is 5.92 Å². The van der Waals surface area contributed by atoms with Gasteiger partial charge in [-0.2, -0.15) is 13.2 Å². The first kappa shape index (κ1) is 12.5. The Bertz CT molecular complexity index is 387. The number of hydrogen-bond acceptors (Lipinski definition) is 2. The normalized spacial score (nSPS) is 13.5. The fraction of sp³-hybridized carbons (Fsp3) is 0.364. The number of carbonyl (C=O) groups excluding carboxylic acids is 1. The van der Waals surface area contributed by atoms with Crippen LogP contribution in [0.25, 0.3) is 0 Å². The van der Waals surface area contributed by atoms with Gasteiger partial charge in [-0.15, -0.1) is 0 Å². The summed E-state index contributed by atoms with van der Waals surface area (Å²) in [6.45, 7) is 1.70. The maximum Gasteiger partial charge on any atom is 0.418 e. The van der Waals surface area contributed by atoms with Crippen LogP contribution in [0.15, 0.2) is 18.2 Å². The molecule has 16 heavy (non-hydrogen) atoms. The summed E-state index contributed by atoms with van der Waals surface area (Å²) in [5.41, 5.74) is 4.81. The lowest BCUT2D eigenvalue weighted by Gasteiger charge is -2.11. The van der Waals surface area contributed by atoms with Crippen LogP contribution in [-0.2, 0) is 17.4 Å². The predicted molar refractivity (Wildman–Crippen MR) is 54.8 cm³/mol. The van der Waals surface area contributed by atoms with Gasteiger partial charge in [0.25, 0.3) is 0 Å². The molecule has 0 aliphatic heterocycles. The van der Waals surface area contributed by atoms with Crippen molar-refractivity contribution in [3.8, 4) is 0 Å². The maximum absolute atomic E-state index is 12.4. The molecule has 0 saturated carbocycles. The number of hydrogen-bond donors (Lipinski definition) is 1. The summed E-state index contributed by atoms with van der Waals surface area (Å²) in [5, 5.41) is 0. The third kappa shape index (κ3) is 2.98. The van der Waals surface area contributed by atoms with E-state index < -0.39 is 11.7 Å². The molecule has 0 saturated heterocycles. The number of aldehydes is 1. The first-order chi connectivity index (χ1) is 7.34. The molecule has 0 amide bonds. The Morgan fingerprint density at radius 1 is 1.44 bits per heavy atom. The van der Waals surface area contributed by atoms with E-state index in [1.165, 1.54) is 12.1 Å². The second-order valence-corrected chi connectivity index (χ2v) is 3.74. The second-order valence-electron chi connectivity index (χ2n) is 3.74. The fourth-order valence-corrected chi connectivity index (χ4v) is 1.42. The Morgan fingerprint density at radius 3 is 2.50 bits per heavy atom. The van der Waals surface area contributed by atoms with Crippen LogP contribution in [0.3, 0.4) is 0 Å². The number of nitrogen functional groups attached to an aromatic ring is 1. The number of halogens is 3. The number of anilines is 1. The molecule has 2 N–H and O–H groups in total. The number of carbonyl (C=O) groups is 1. The summed E-state index contributed by atoms with van der Waals surface area (Å²) in [4.78, 5) is 10.4. The van der Waals surface area contributed by atoms with Crippen LogP contribution in [0, 0.1) is 5.92 Å². The van der Waals surface area contributed by atoms with Crippen molar-refractivity contribution in [3.05, 3.63) is 29.3 Å². The molecule has 88 valence electrons. The van der Waals surface area contributed by atoms with Gasteiger partial charge >= 0.3 is 6.18 Å². The van der Waals surface area contributed by atoms with Gasteiger partial charge in [-0.05, 0) is 24.1 Å². The topological polar surface area (TPSA) is 43.1 Å². The molecule has 0 aromatic heterocycles. The molecule has 0 aliphatic carbocycles. The largest absolute Gasteiger partial charge is 0.418 e. The molecule has 1 aromatic carbocycles. The highest BCUT2D eigenvalue weighted by Crippen LogP contribution is 2.33. The minimum Gasteiger partial charge on any atom is -0.398 e. The third-order valence-electron chi connectivity index (χ3n) is 2.21. The quantitative estimate of drug-likeness (QED) is 0.642. The fourth-order valence-electron chi connectivity index (χ4n) is 1.42. The maximum atomic E-state index is 12.4. The minimum atomic E-state index is -4.43. The van der Waals surface area contributed by atoms with Crippen molar-refractivity contribution in [3.63, 3.8) is 0 Å². The zero-order valence-electron chi connectivity index (χ0n) is 8.71. The molecular formula is C11H12F3NO. The average Bonchev–Trinajstić information content (AvgIpc) is 2.15. The van der Waals surface area contributed by atoms with Gasteiger partial charge in [-0.1, -0.05) is 13.0 Å². The van der Waals surface area contributed by atoms with E-state index in [9.17, 15) is 18.0 Å². The van der Waals surface area contributed by atoms with E-state index in [0.717, 1.165) is 12.4 Å². The van der Waals surface area contributed by atoms with Crippen LogP contribution in [0.1, 0.15) is 18.1 Å². The minimum absolute atomic E-state index is 0.226. The van der Waals surface area contributed by atoms with Gasteiger partial charge in [0, 0.05) is 11.6 Å². The summed E-state index contributed by atoms with van der Waals surface area (Å²) in [7, 11) is 0. The molecule has 0 bridgehead atoms. The zero-order valence-corrected chi connectivity index (χ0v) is 8.71. The van der Waals surface area contributed by atoms with Crippen molar-refractivity contribution in [1.82, 2.24) is 0 Å². The van der Waals surface area contributed by atoms with Crippen molar-refractivity contribution in [1.29, 1.82) is 0 Å². The number of benzene rings is 1. The first-order valence-corrected chi connectivity index (χ1v) is 4.75. The molecule has 1 unspecified atom stereocenters. The number of alkyl halides is 3. The monoisotopic (exact) mass is 231 g/mol. The lowest BCUT2D eigenvalue weighted by molar-refractivity contribution is -0.136. The van der Waals surface area contributed by atoms with Gasteiger partial charge in [0.2, 0.25) is 0 Å². The van der Waals surface area contributed by atoms with Gasteiger partial charge in [-0.25, -0.2) is 0 Å². The van der Waals surface area contributed by atoms with Gasteiger partial charge in [0.15, 0.2) is 0 Å². The summed E-state index contributed by atoms with van der Waals surface area (Å²) in [6.07, 6.45) is -3.28. The predicted octanol–water partition coefficient (Wildman–Crippen LogP) is 2.67. The molecule has 0 radical (unpaired) electrons. The van der Waals surface area contributed by atoms with E-state index in [2.05, 4.69) is 0 Å². The van der Waals surface area contributed by atoms with E-state index >= 15 is 0 Å². The Kier molecular flexibility index (Phi) is 3.57. The Balaban J connectivity index is 2.95. The van der Waals surface area contributed by atoms with Crippen LogP contribution in [0.4, 0.5) is 18.9 Å². The molecule has 1 aromatic rings. The van der Waals surface area contributed by atoms with Gasteiger partial charge in [0.1, 0.15) is 6.29 Å². The lowest BCUT2D eigenvalue weighted by Crippen LogP contribution is -2.10. The molecule has 0 fully saturated rings. The smallest absolute Gasteiger partial charge is 0.398 e. The van der Waals surface area contributed by atoms with Crippen LogP contribution in [-0.4, -0.2) is 6.29 Å². The molecule has 1 rings (SSSR count). The van der Waals surface area contributed by atoms with E-state index in [1.54, 1.807) is 6.92 Å². The van der Waals surface area contributed by atoms with Crippen LogP contribution < -0.4 is 5.73 Å². The van der Waals surface area contributed by atoms with E-state index in [-0.39, 0.29) is 11.6 Å². The standard InChI is InChI=1S/C11H12F3NO/c1-7(6-16)4-8-2-3-9(10(15)5-8)11(12,13)14/h2-3,5-7H,4,15H2,1H3. The second kappa shape index (κ2) is 4.55. The van der Waals surface area contributed by atoms with Crippen molar-refractivity contribution >= 4 is 12.0 Å². The molecule has 5 heteroatoms. The number of nitrogens with two attached hydrogens (primary N) is 1. The van der Waals surface area contributed by atoms with Gasteiger partial charge < -0.3 is 10.5 Å². The lowest BCUT2D eigenvalue weighted by atomic mass is 10.00. The van der Waals surface area contributed by atoms with E-state index in [1.807, 2.05) is 0 Å². The summed E-state index contributed by atoms with van der Waals surface area (Å²) >= 11 is 0. The molecular weight excluding hydrogens is 219 g/mol. The highest BCUT2D eigenvalue weighted by molar-refractivity contribution is 5.55. The van der Waals surface area contributed by atoms with Gasteiger partial charge in [0.05, 0.1) is 5.56 Å². The SMILES string of the molecule is CC(C=O)Cc1ccc(C(F)(F)F)c(N)c1. The van der Waals surface area contributed by atoms with Crippen LogP contribution >= 0.6 is 0 Å². The summed E-state index contributed by atoms with van der Waals surface area (Å²) < 4.78 is 37.1. The van der Waals surface area contributed by atoms with E-state index in [0.29, 0.717) is 12.0 Å². The summed E-state index contributed by atoms with van der Waals surface area (Å²) in [6, 6.07) is 3.56. The van der Waals surface area contributed by atoms with Crippen molar-refractivity contribution < 1.29 is 18.0 Å². The average molecular weight is 231 g/mol. The molecule has 0 heterocycles. The van der Waals surface area contributed by atoms with E-state index in [4.69, 9.17) is 5.73 Å². The number of rotatable bonds is 3. The van der Waals surface area contributed by atoms with Crippen LogP contribution in [0.2, 0.25) is 0 Å². The summed E-state index contributed by atoms with van der Waals surface area (Å²) in [5.74, 6) is -0.226. The third-order valence-corrected chi connectivity index (χ3v) is 2.21. The van der Waals surface area contributed by atoms with Crippen molar-refractivity contribution in [2.45, 2.75) is 19.5 Å². The molecule has 1 atom stereocenters.